The Hall–Kier alpha value is -2.75. The molecule has 0 atom stereocenters. The maximum absolute atomic E-state index is 12.2. The SMILES string of the molecule is COC(=O)c1nnn(CC(=O)Nc2ccc(Br)c(C)c2)c1C(=O)OC. The van der Waals surface area contributed by atoms with E-state index in [0.29, 0.717) is 5.69 Å². The number of methoxy groups -OCH3 is 2. The molecule has 0 saturated carbocycles. The average Bonchev–Trinajstić information content (AvgIpc) is 3.00. The number of anilines is 1. The molecule has 0 spiro atoms. The van der Waals surface area contributed by atoms with E-state index in [1.54, 1.807) is 18.2 Å². The predicted octanol–water partition coefficient (Wildman–Crippen LogP) is 1.56. The first-order valence-electron chi connectivity index (χ1n) is 7.03. The number of benzene rings is 1. The highest BCUT2D eigenvalue weighted by atomic mass is 79.9. The van der Waals surface area contributed by atoms with E-state index in [2.05, 4.69) is 41.0 Å². The highest BCUT2D eigenvalue weighted by Gasteiger charge is 2.27. The van der Waals surface area contributed by atoms with Crippen molar-refractivity contribution >= 4 is 39.5 Å². The van der Waals surface area contributed by atoms with Gasteiger partial charge < -0.3 is 14.8 Å². The zero-order chi connectivity index (χ0) is 18.6. The van der Waals surface area contributed by atoms with Crippen LogP contribution in [0.5, 0.6) is 0 Å². The molecule has 0 fully saturated rings. The largest absolute Gasteiger partial charge is 0.464 e. The van der Waals surface area contributed by atoms with Crippen molar-refractivity contribution in [2.75, 3.05) is 19.5 Å². The van der Waals surface area contributed by atoms with Crippen LogP contribution in [-0.4, -0.2) is 47.1 Å². The standard InChI is InChI=1S/C15H15BrN4O5/c1-8-6-9(4-5-10(8)16)17-11(21)7-20-13(15(23)25-3)12(18-19-20)14(22)24-2/h4-6H,7H2,1-3H3,(H,17,21). The van der Waals surface area contributed by atoms with Crippen LogP contribution in [0.15, 0.2) is 22.7 Å². The summed E-state index contributed by atoms with van der Waals surface area (Å²) in [6.07, 6.45) is 0. The number of esters is 2. The van der Waals surface area contributed by atoms with E-state index in [4.69, 9.17) is 0 Å². The monoisotopic (exact) mass is 410 g/mol. The maximum Gasteiger partial charge on any atom is 0.361 e. The summed E-state index contributed by atoms with van der Waals surface area (Å²) in [7, 11) is 2.29. The van der Waals surface area contributed by atoms with Crippen LogP contribution < -0.4 is 5.32 Å². The minimum absolute atomic E-state index is 0.253. The molecule has 1 amide bonds. The number of aromatic nitrogens is 3. The summed E-state index contributed by atoms with van der Waals surface area (Å²) in [6, 6.07) is 5.30. The molecule has 0 aliphatic carbocycles. The highest BCUT2D eigenvalue weighted by Crippen LogP contribution is 2.20. The van der Waals surface area contributed by atoms with Crippen LogP contribution in [0.3, 0.4) is 0 Å². The molecular formula is C15H15BrN4O5. The lowest BCUT2D eigenvalue weighted by Gasteiger charge is -2.08. The van der Waals surface area contributed by atoms with Crippen LogP contribution >= 0.6 is 15.9 Å². The Kier molecular flexibility index (Phi) is 5.86. The van der Waals surface area contributed by atoms with Crippen LogP contribution in [0.25, 0.3) is 0 Å². The van der Waals surface area contributed by atoms with Crippen molar-refractivity contribution in [2.24, 2.45) is 0 Å². The molecule has 0 radical (unpaired) electrons. The van der Waals surface area contributed by atoms with Crippen LogP contribution in [0, 0.1) is 6.92 Å². The molecule has 0 aliphatic heterocycles. The fourth-order valence-electron chi connectivity index (χ4n) is 2.02. The number of hydrogen-bond acceptors (Lipinski definition) is 7. The molecule has 2 aromatic rings. The van der Waals surface area contributed by atoms with Gasteiger partial charge in [0.05, 0.1) is 14.2 Å². The Morgan fingerprint density at radius 3 is 2.48 bits per heavy atom. The molecular weight excluding hydrogens is 396 g/mol. The number of carbonyl (C=O) groups is 3. The Morgan fingerprint density at radius 2 is 1.88 bits per heavy atom. The molecule has 0 saturated heterocycles. The molecule has 1 N–H and O–H groups in total. The predicted molar refractivity (Wildman–Crippen MR) is 90.2 cm³/mol. The first kappa shape index (κ1) is 18.6. The van der Waals surface area contributed by atoms with E-state index in [-0.39, 0.29) is 17.9 Å². The van der Waals surface area contributed by atoms with Gasteiger partial charge in [-0.1, -0.05) is 21.1 Å². The van der Waals surface area contributed by atoms with Gasteiger partial charge in [0.15, 0.2) is 5.69 Å². The van der Waals surface area contributed by atoms with Crippen LogP contribution in [0.1, 0.15) is 26.5 Å². The molecule has 132 valence electrons. The number of aryl methyl sites for hydroxylation is 1. The first-order chi connectivity index (χ1) is 11.9. The minimum atomic E-state index is -0.851. The molecule has 1 heterocycles. The summed E-state index contributed by atoms with van der Waals surface area (Å²) in [6.45, 7) is 1.55. The topological polar surface area (TPSA) is 112 Å². The van der Waals surface area contributed by atoms with Gasteiger partial charge in [-0.05, 0) is 30.7 Å². The average molecular weight is 411 g/mol. The molecule has 0 bridgehead atoms. The van der Waals surface area contributed by atoms with Crippen molar-refractivity contribution in [3.05, 3.63) is 39.6 Å². The van der Waals surface area contributed by atoms with Crippen molar-refractivity contribution in [3.63, 3.8) is 0 Å². The number of carbonyl (C=O) groups excluding carboxylic acids is 3. The lowest BCUT2D eigenvalue weighted by molar-refractivity contribution is -0.116. The molecule has 25 heavy (non-hydrogen) atoms. The van der Waals surface area contributed by atoms with Crippen molar-refractivity contribution in [1.29, 1.82) is 0 Å². The van der Waals surface area contributed by atoms with Crippen molar-refractivity contribution in [2.45, 2.75) is 13.5 Å². The summed E-state index contributed by atoms with van der Waals surface area (Å²) >= 11 is 3.38. The Labute approximate surface area is 151 Å². The van der Waals surface area contributed by atoms with Crippen LogP contribution in [-0.2, 0) is 20.8 Å². The molecule has 1 aromatic carbocycles. The third-order valence-electron chi connectivity index (χ3n) is 3.23. The second kappa shape index (κ2) is 7.88. The first-order valence-corrected chi connectivity index (χ1v) is 7.82. The van der Waals surface area contributed by atoms with Gasteiger partial charge in [0.25, 0.3) is 0 Å². The quantitative estimate of drug-likeness (QED) is 0.743. The fourth-order valence-corrected chi connectivity index (χ4v) is 2.26. The number of hydrogen-bond donors (Lipinski definition) is 1. The molecule has 0 unspecified atom stereocenters. The third-order valence-corrected chi connectivity index (χ3v) is 4.12. The van der Waals surface area contributed by atoms with Gasteiger partial charge in [-0.2, -0.15) is 0 Å². The zero-order valence-electron chi connectivity index (χ0n) is 13.7. The number of amides is 1. The molecule has 10 heteroatoms. The number of halogens is 1. The zero-order valence-corrected chi connectivity index (χ0v) is 15.3. The fraction of sp³-hybridized carbons (Fsp3) is 0.267. The Morgan fingerprint density at radius 1 is 1.20 bits per heavy atom. The smallest absolute Gasteiger partial charge is 0.361 e. The Bertz CT molecular complexity index is 833. The van der Waals surface area contributed by atoms with Gasteiger partial charge in [-0.15, -0.1) is 5.10 Å². The summed E-state index contributed by atoms with van der Waals surface area (Å²) < 4.78 is 11.1. The summed E-state index contributed by atoms with van der Waals surface area (Å²) in [5.74, 6) is -2.15. The number of nitrogens with zero attached hydrogens (tertiary/aromatic N) is 3. The van der Waals surface area contributed by atoms with Gasteiger partial charge in [-0.3, -0.25) is 4.79 Å². The van der Waals surface area contributed by atoms with E-state index in [1.807, 2.05) is 6.92 Å². The molecule has 2 rings (SSSR count). The van der Waals surface area contributed by atoms with Gasteiger partial charge in [0.1, 0.15) is 6.54 Å². The lowest BCUT2D eigenvalue weighted by atomic mass is 10.2. The van der Waals surface area contributed by atoms with E-state index < -0.39 is 17.8 Å². The van der Waals surface area contributed by atoms with E-state index in [9.17, 15) is 14.4 Å². The Balaban J connectivity index is 2.22. The number of rotatable bonds is 5. The van der Waals surface area contributed by atoms with Gasteiger partial charge >= 0.3 is 11.9 Å². The number of nitrogens with one attached hydrogen (secondary N) is 1. The van der Waals surface area contributed by atoms with Gasteiger partial charge in [0.2, 0.25) is 11.6 Å². The highest BCUT2D eigenvalue weighted by molar-refractivity contribution is 9.10. The van der Waals surface area contributed by atoms with Crippen molar-refractivity contribution in [3.8, 4) is 0 Å². The number of ether oxygens (including phenoxy) is 2. The van der Waals surface area contributed by atoms with Crippen molar-refractivity contribution < 1.29 is 23.9 Å². The summed E-state index contributed by atoms with van der Waals surface area (Å²) in [5.41, 5.74) is 0.957. The minimum Gasteiger partial charge on any atom is -0.464 e. The second-order valence-electron chi connectivity index (χ2n) is 4.94. The normalized spacial score (nSPS) is 10.2. The molecule has 1 aromatic heterocycles. The van der Waals surface area contributed by atoms with Gasteiger partial charge in [-0.25, -0.2) is 14.3 Å². The van der Waals surface area contributed by atoms with E-state index >= 15 is 0 Å². The lowest BCUT2D eigenvalue weighted by Crippen LogP contribution is -2.23. The van der Waals surface area contributed by atoms with Crippen LogP contribution in [0.2, 0.25) is 0 Å². The summed E-state index contributed by atoms with van der Waals surface area (Å²) in [5, 5.41) is 9.94. The molecule has 9 nitrogen and oxygen atoms in total. The third kappa shape index (κ3) is 4.21. The van der Waals surface area contributed by atoms with E-state index in [0.717, 1.165) is 28.9 Å². The van der Waals surface area contributed by atoms with E-state index in [1.165, 1.54) is 0 Å². The van der Waals surface area contributed by atoms with Crippen LogP contribution in [0.4, 0.5) is 5.69 Å². The summed E-state index contributed by atoms with van der Waals surface area (Å²) in [4.78, 5) is 35.8. The van der Waals surface area contributed by atoms with Gasteiger partial charge in [0, 0.05) is 10.2 Å². The second-order valence-corrected chi connectivity index (χ2v) is 5.79. The molecule has 0 aliphatic rings. The maximum atomic E-state index is 12.2. The van der Waals surface area contributed by atoms with Crippen molar-refractivity contribution in [1.82, 2.24) is 15.0 Å².